The van der Waals surface area contributed by atoms with E-state index in [1.54, 1.807) is 4.90 Å². The van der Waals surface area contributed by atoms with Gasteiger partial charge in [-0.3, -0.25) is 14.5 Å². The number of rotatable bonds is 2. The molecule has 6 nitrogen and oxygen atoms in total. The number of hydrogen-bond acceptors (Lipinski definition) is 4. The van der Waals surface area contributed by atoms with Crippen LogP contribution in [0.2, 0.25) is 0 Å². The number of fused-ring (bicyclic) bond motifs is 1. The van der Waals surface area contributed by atoms with Gasteiger partial charge in [0.2, 0.25) is 0 Å². The van der Waals surface area contributed by atoms with E-state index in [1.165, 1.54) is 0 Å². The van der Waals surface area contributed by atoms with Crippen molar-refractivity contribution < 1.29 is 15.1 Å². The van der Waals surface area contributed by atoms with Crippen molar-refractivity contribution in [2.75, 3.05) is 0 Å². The Kier molecular flexibility index (Phi) is 2.77. The molecule has 0 spiro atoms. The summed E-state index contributed by atoms with van der Waals surface area (Å²) in [5, 5.41) is 24.1. The average Bonchev–Trinajstić information content (AvgIpc) is 3.15. The Morgan fingerprint density at radius 3 is 2.46 bits per heavy atom. The Morgan fingerprint density at radius 1 is 1.17 bits per heavy atom. The average molecular weight is 329 g/mol. The number of piperidine rings is 1. The minimum absolute atomic E-state index is 0.158. The Morgan fingerprint density at radius 2 is 1.88 bits per heavy atom. The topological polar surface area (TPSA) is 77.5 Å². The fraction of sp³-hybridized carbons (Fsp3) is 0.833. The predicted molar refractivity (Wildman–Crippen MR) is 85.0 cm³/mol. The summed E-state index contributed by atoms with van der Waals surface area (Å²) in [5.74, 6) is 1.04. The van der Waals surface area contributed by atoms with Gasteiger partial charge in [-0.05, 0) is 62.7 Å². The van der Waals surface area contributed by atoms with Crippen molar-refractivity contribution in [1.82, 2.24) is 4.90 Å². The molecule has 24 heavy (non-hydrogen) atoms. The maximum absolute atomic E-state index is 13.2. The summed E-state index contributed by atoms with van der Waals surface area (Å²) in [5.41, 5.74) is -0.979. The molecular formula is C18H23N3O3. The molecule has 1 saturated heterocycles. The van der Waals surface area contributed by atoms with E-state index in [-0.39, 0.29) is 17.7 Å². The highest BCUT2D eigenvalue weighted by Gasteiger charge is 2.63. The molecule has 1 amide bonds. The van der Waals surface area contributed by atoms with Crippen LogP contribution in [0.1, 0.15) is 51.4 Å². The molecule has 6 aliphatic rings. The lowest BCUT2D eigenvalue weighted by Gasteiger charge is -2.59. The second kappa shape index (κ2) is 4.51. The maximum atomic E-state index is 13.2. The number of carbonyl (C=O) groups excluding carboxylic acids is 1. The molecule has 6 rings (SSSR count). The van der Waals surface area contributed by atoms with E-state index >= 15 is 0 Å². The molecule has 0 aromatic rings. The molecule has 6 fully saturated rings. The minimum Gasteiger partial charge on any atom is -0.410 e. The zero-order valence-electron chi connectivity index (χ0n) is 13.7. The van der Waals surface area contributed by atoms with Gasteiger partial charge in [-0.1, -0.05) is 5.16 Å². The first-order valence-electron chi connectivity index (χ1n) is 9.11. The van der Waals surface area contributed by atoms with E-state index < -0.39 is 17.2 Å². The smallest absolute Gasteiger partial charge is 0.301 e. The first-order chi connectivity index (χ1) is 11.5. The molecule has 4 bridgehead atoms. The van der Waals surface area contributed by atoms with Gasteiger partial charge in [0.05, 0.1) is 5.60 Å². The third-order valence-corrected chi connectivity index (χ3v) is 7.30. The summed E-state index contributed by atoms with van der Waals surface area (Å²) in [6.45, 7) is 7.37. The first kappa shape index (κ1) is 14.7. The lowest BCUT2D eigenvalue weighted by Crippen LogP contribution is -2.60. The van der Waals surface area contributed by atoms with E-state index in [4.69, 9.17) is 6.57 Å². The fourth-order valence-electron chi connectivity index (χ4n) is 6.82. The van der Waals surface area contributed by atoms with Crippen LogP contribution in [-0.4, -0.2) is 44.6 Å². The van der Waals surface area contributed by atoms with E-state index in [1.807, 2.05) is 0 Å². The van der Waals surface area contributed by atoms with Gasteiger partial charge in [0.15, 0.2) is 5.71 Å². The number of likely N-dealkylation sites (tertiary alicyclic amines) is 1. The molecule has 5 atom stereocenters. The quantitative estimate of drug-likeness (QED) is 0.352. The largest absolute Gasteiger partial charge is 0.410 e. The number of oxime groups is 1. The van der Waals surface area contributed by atoms with Crippen molar-refractivity contribution in [2.45, 2.75) is 69.2 Å². The lowest BCUT2D eigenvalue weighted by molar-refractivity contribution is -0.146. The summed E-state index contributed by atoms with van der Waals surface area (Å²) in [7, 11) is 0. The Balaban J connectivity index is 1.49. The summed E-state index contributed by atoms with van der Waals surface area (Å²) < 4.78 is 0. The van der Waals surface area contributed by atoms with Crippen LogP contribution in [0, 0.1) is 29.7 Å². The van der Waals surface area contributed by atoms with Crippen LogP contribution in [0.4, 0.5) is 0 Å². The van der Waals surface area contributed by atoms with Crippen LogP contribution in [0.5, 0.6) is 0 Å². The number of amides is 1. The highest BCUT2D eigenvalue weighted by atomic mass is 16.4. The standard InChI is InChI=1S/C18H23N3O3/c1-19-14-4-12-3-13(12)21(14)16(22)15(20-24)17-5-10-2-11(6-17)8-18(23,7-10)9-17/h10-14,23-24H,2-9H2/b20-15-. The van der Waals surface area contributed by atoms with Crippen LogP contribution < -0.4 is 0 Å². The molecule has 128 valence electrons. The molecule has 2 N–H and O–H groups in total. The SMILES string of the molecule is [C-]#[N+]C1CC2CC2N1C(=O)/C(=N/O)C12CC3CC(CC(O)(C3)C1)C2. The van der Waals surface area contributed by atoms with Gasteiger partial charge in [0.1, 0.15) is 0 Å². The maximum Gasteiger partial charge on any atom is 0.301 e. The molecule has 0 aromatic heterocycles. The van der Waals surface area contributed by atoms with Crippen LogP contribution in [0.3, 0.4) is 0 Å². The van der Waals surface area contributed by atoms with Gasteiger partial charge >= 0.3 is 6.17 Å². The van der Waals surface area contributed by atoms with Crippen molar-refractivity contribution in [1.29, 1.82) is 0 Å². The van der Waals surface area contributed by atoms with E-state index in [2.05, 4.69) is 10.0 Å². The van der Waals surface area contributed by atoms with Gasteiger partial charge < -0.3 is 10.3 Å². The molecule has 5 aliphatic carbocycles. The molecule has 5 unspecified atom stereocenters. The van der Waals surface area contributed by atoms with Crippen LogP contribution in [0.25, 0.3) is 4.85 Å². The van der Waals surface area contributed by atoms with E-state index in [0.717, 1.165) is 44.9 Å². The zero-order chi connectivity index (χ0) is 16.7. The van der Waals surface area contributed by atoms with Gasteiger partial charge in [-0.2, -0.15) is 0 Å². The molecule has 6 heteroatoms. The summed E-state index contributed by atoms with van der Waals surface area (Å²) in [6.07, 6.45) is 6.27. The minimum atomic E-state index is -0.702. The molecule has 5 saturated carbocycles. The number of carbonyl (C=O) groups is 1. The monoisotopic (exact) mass is 329 g/mol. The number of aliphatic hydroxyl groups is 1. The molecule has 0 aromatic carbocycles. The Bertz CT molecular complexity index is 667. The summed E-state index contributed by atoms with van der Waals surface area (Å²) >= 11 is 0. The fourth-order valence-corrected chi connectivity index (χ4v) is 6.82. The zero-order valence-corrected chi connectivity index (χ0v) is 13.7. The van der Waals surface area contributed by atoms with Crippen LogP contribution in [0.15, 0.2) is 5.16 Å². The first-order valence-corrected chi connectivity index (χ1v) is 9.11. The second-order valence-corrected chi connectivity index (χ2v) is 9.04. The molecular weight excluding hydrogens is 306 g/mol. The van der Waals surface area contributed by atoms with Gasteiger partial charge in [-0.15, -0.1) is 0 Å². The van der Waals surface area contributed by atoms with Crippen molar-refractivity contribution in [3.8, 4) is 0 Å². The van der Waals surface area contributed by atoms with E-state index in [0.29, 0.717) is 24.2 Å². The van der Waals surface area contributed by atoms with Gasteiger partial charge in [-0.25, -0.2) is 6.57 Å². The molecule has 1 aliphatic heterocycles. The Labute approximate surface area is 141 Å². The number of hydrogen-bond donors (Lipinski definition) is 2. The van der Waals surface area contributed by atoms with Gasteiger partial charge in [0, 0.05) is 17.9 Å². The third-order valence-electron chi connectivity index (χ3n) is 7.30. The summed E-state index contributed by atoms with van der Waals surface area (Å²) in [6, 6.07) is 0.158. The summed E-state index contributed by atoms with van der Waals surface area (Å²) in [4.78, 5) is 18.5. The lowest BCUT2D eigenvalue weighted by atomic mass is 9.46. The van der Waals surface area contributed by atoms with Crippen LogP contribution >= 0.6 is 0 Å². The molecule has 1 heterocycles. The Hall–Kier alpha value is -1.61. The van der Waals surface area contributed by atoms with Crippen molar-refractivity contribution >= 4 is 11.6 Å². The molecule has 0 radical (unpaired) electrons. The van der Waals surface area contributed by atoms with Gasteiger partial charge in [0.25, 0.3) is 5.91 Å². The van der Waals surface area contributed by atoms with Crippen LogP contribution in [-0.2, 0) is 4.79 Å². The highest BCUT2D eigenvalue weighted by molar-refractivity contribution is 6.41. The highest BCUT2D eigenvalue weighted by Crippen LogP contribution is 2.62. The van der Waals surface area contributed by atoms with Crippen molar-refractivity contribution in [3.63, 3.8) is 0 Å². The number of nitrogens with zero attached hydrogens (tertiary/aromatic N) is 3. The van der Waals surface area contributed by atoms with Crippen molar-refractivity contribution in [2.24, 2.45) is 28.3 Å². The predicted octanol–water partition coefficient (Wildman–Crippen LogP) is 2.01. The van der Waals surface area contributed by atoms with Crippen molar-refractivity contribution in [3.05, 3.63) is 11.4 Å². The second-order valence-electron chi connectivity index (χ2n) is 9.04. The third kappa shape index (κ3) is 1.85. The van der Waals surface area contributed by atoms with E-state index in [9.17, 15) is 15.1 Å². The normalized spacial score (nSPS) is 51.4.